The Morgan fingerprint density at radius 3 is 2.48 bits per heavy atom. The van der Waals surface area contributed by atoms with Crippen molar-refractivity contribution in [3.63, 3.8) is 0 Å². The smallest absolute Gasteiger partial charge is 0.141 e. The van der Waals surface area contributed by atoms with Crippen LogP contribution < -0.4 is 10.5 Å². The van der Waals surface area contributed by atoms with Crippen molar-refractivity contribution in [2.24, 2.45) is 5.73 Å². The Labute approximate surface area is 127 Å². The molecular formula is C18H24N2O. The van der Waals surface area contributed by atoms with Gasteiger partial charge in [0.05, 0.1) is 5.69 Å². The third-order valence-electron chi connectivity index (χ3n) is 3.57. The van der Waals surface area contributed by atoms with Crippen molar-refractivity contribution in [2.75, 3.05) is 0 Å². The van der Waals surface area contributed by atoms with E-state index >= 15 is 0 Å². The van der Waals surface area contributed by atoms with Crippen molar-refractivity contribution in [2.45, 2.75) is 46.3 Å². The summed E-state index contributed by atoms with van der Waals surface area (Å²) in [5, 5.41) is 0. The van der Waals surface area contributed by atoms with Crippen LogP contribution in [0.3, 0.4) is 0 Å². The first-order valence-corrected chi connectivity index (χ1v) is 7.49. The first kappa shape index (κ1) is 15.5. The molecule has 1 atom stereocenters. The molecule has 2 N–H and O–H groups in total. The summed E-state index contributed by atoms with van der Waals surface area (Å²) in [4.78, 5) is 4.58. The number of pyridine rings is 1. The van der Waals surface area contributed by atoms with Crippen LogP contribution in [0, 0.1) is 13.8 Å². The Morgan fingerprint density at radius 2 is 1.81 bits per heavy atom. The second-order valence-corrected chi connectivity index (χ2v) is 5.54. The van der Waals surface area contributed by atoms with Gasteiger partial charge in [0.25, 0.3) is 0 Å². The zero-order chi connectivity index (χ0) is 15.2. The van der Waals surface area contributed by atoms with E-state index in [1.165, 1.54) is 5.56 Å². The van der Waals surface area contributed by atoms with Gasteiger partial charge < -0.3 is 10.5 Å². The summed E-state index contributed by atoms with van der Waals surface area (Å²) in [6.45, 7) is 6.72. The van der Waals surface area contributed by atoms with E-state index in [4.69, 9.17) is 10.5 Å². The van der Waals surface area contributed by atoms with Crippen molar-refractivity contribution in [3.05, 3.63) is 58.9 Å². The molecule has 2 rings (SSSR count). The van der Waals surface area contributed by atoms with Crippen LogP contribution in [0.1, 0.15) is 35.9 Å². The minimum absolute atomic E-state index is 0.126. The fourth-order valence-electron chi connectivity index (χ4n) is 2.11. The summed E-state index contributed by atoms with van der Waals surface area (Å²) in [5.74, 6) is 0.838. The van der Waals surface area contributed by atoms with Crippen molar-refractivity contribution >= 4 is 0 Å². The van der Waals surface area contributed by atoms with Gasteiger partial charge in [0, 0.05) is 18.2 Å². The lowest BCUT2D eigenvalue weighted by molar-refractivity contribution is 0.300. The van der Waals surface area contributed by atoms with Crippen LogP contribution in [-0.2, 0) is 13.0 Å². The molecule has 0 radical (unpaired) electrons. The highest BCUT2D eigenvalue weighted by Crippen LogP contribution is 2.20. The van der Waals surface area contributed by atoms with Crippen LogP contribution in [0.2, 0.25) is 0 Å². The lowest BCUT2D eigenvalue weighted by Crippen LogP contribution is -2.22. The number of ether oxygens (including phenoxy) is 1. The molecule has 3 heteroatoms. The van der Waals surface area contributed by atoms with Crippen LogP contribution in [0.15, 0.2) is 36.4 Å². The SMILES string of the molecule is CCC(N)Cc1nc(C)ccc1OCc1ccc(C)cc1. The monoisotopic (exact) mass is 284 g/mol. The Bertz CT molecular complexity index is 578. The lowest BCUT2D eigenvalue weighted by Gasteiger charge is -2.14. The average Bonchev–Trinajstić information content (AvgIpc) is 2.48. The molecule has 2 aromatic rings. The fraction of sp³-hybridized carbons (Fsp3) is 0.389. The second-order valence-electron chi connectivity index (χ2n) is 5.54. The quantitative estimate of drug-likeness (QED) is 0.882. The molecule has 0 aliphatic carbocycles. The minimum Gasteiger partial charge on any atom is -0.487 e. The maximum absolute atomic E-state index is 6.05. The first-order valence-electron chi connectivity index (χ1n) is 7.49. The zero-order valence-electron chi connectivity index (χ0n) is 13.1. The van der Waals surface area contributed by atoms with Crippen molar-refractivity contribution < 1.29 is 4.74 Å². The Morgan fingerprint density at radius 1 is 1.10 bits per heavy atom. The van der Waals surface area contributed by atoms with Crippen LogP contribution in [-0.4, -0.2) is 11.0 Å². The Balaban J connectivity index is 2.09. The Hall–Kier alpha value is -1.87. The average molecular weight is 284 g/mol. The van der Waals surface area contributed by atoms with Gasteiger partial charge in [-0.3, -0.25) is 4.98 Å². The molecule has 0 aliphatic heterocycles. The summed E-state index contributed by atoms with van der Waals surface area (Å²) < 4.78 is 5.95. The van der Waals surface area contributed by atoms with Crippen molar-refractivity contribution in [3.8, 4) is 5.75 Å². The summed E-state index contributed by atoms with van der Waals surface area (Å²) in [5.41, 5.74) is 10.4. The van der Waals surface area contributed by atoms with E-state index in [1.54, 1.807) is 0 Å². The van der Waals surface area contributed by atoms with Crippen LogP contribution in [0.5, 0.6) is 5.75 Å². The number of benzene rings is 1. The number of nitrogens with two attached hydrogens (primary N) is 1. The minimum atomic E-state index is 0.126. The first-order chi connectivity index (χ1) is 10.1. The van der Waals surface area contributed by atoms with Crippen LogP contribution in [0.4, 0.5) is 0 Å². The molecule has 21 heavy (non-hydrogen) atoms. The summed E-state index contributed by atoms with van der Waals surface area (Å²) in [7, 11) is 0. The molecule has 0 aliphatic rings. The van der Waals surface area contributed by atoms with Crippen LogP contribution >= 0.6 is 0 Å². The van der Waals surface area contributed by atoms with Crippen molar-refractivity contribution in [1.29, 1.82) is 0 Å². The number of hydrogen-bond donors (Lipinski definition) is 1. The largest absolute Gasteiger partial charge is 0.487 e. The van der Waals surface area contributed by atoms with E-state index < -0.39 is 0 Å². The van der Waals surface area contributed by atoms with Gasteiger partial charge in [0.1, 0.15) is 12.4 Å². The maximum Gasteiger partial charge on any atom is 0.141 e. The molecule has 0 saturated carbocycles. The fourth-order valence-corrected chi connectivity index (χ4v) is 2.11. The molecule has 1 aromatic heterocycles. The predicted molar refractivity (Wildman–Crippen MR) is 86.5 cm³/mol. The number of aryl methyl sites for hydroxylation is 2. The van der Waals surface area contributed by atoms with Gasteiger partial charge in [-0.1, -0.05) is 36.8 Å². The molecular weight excluding hydrogens is 260 g/mol. The van der Waals surface area contributed by atoms with Crippen LogP contribution in [0.25, 0.3) is 0 Å². The highest BCUT2D eigenvalue weighted by molar-refractivity contribution is 5.30. The molecule has 0 saturated heterocycles. The standard InChI is InChI=1S/C18H24N2O/c1-4-16(19)11-17-18(10-7-14(3)20-17)21-12-15-8-5-13(2)6-9-15/h5-10,16H,4,11-12,19H2,1-3H3. The van der Waals surface area contributed by atoms with E-state index in [1.807, 2.05) is 19.1 Å². The molecule has 1 aromatic carbocycles. The van der Waals surface area contributed by atoms with Gasteiger partial charge >= 0.3 is 0 Å². The lowest BCUT2D eigenvalue weighted by atomic mass is 10.1. The van der Waals surface area contributed by atoms with E-state index in [-0.39, 0.29) is 6.04 Å². The molecule has 112 valence electrons. The summed E-state index contributed by atoms with van der Waals surface area (Å²) >= 11 is 0. The Kier molecular flexibility index (Phi) is 5.34. The second kappa shape index (κ2) is 7.23. The third-order valence-corrected chi connectivity index (χ3v) is 3.57. The van der Waals surface area contributed by atoms with E-state index in [0.717, 1.165) is 35.5 Å². The summed E-state index contributed by atoms with van der Waals surface area (Å²) in [6, 6.07) is 12.5. The number of hydrogen-bond acceptors (Lipinski definition) is 3. The number of aromatic nitrogens is 1. The van der Waals surface area contributed by atoms with E-state index in [9.17, 15) is 0 Å². The number of nitrogens with zero attached hydrogens (tertiary/aromatic N) is 1. The molecule has 0 spiro atoms. The van der Waals surface area contributed by atoms with Gasteiger partial charge in [0.2, 0.25) is 0 Å². The predicted octanol–water partition coefficient (Wildman–Crippen LogP) is 3.56. The number of rotatable bonds is 6. The molecule has 0 bridgehead atoms. The molecule has 0 fully saturated rings. The highest BCUT2D eigenvalue weighted by atomic mass is 16.5. The molecule has 1 unspecified atom stereocenters. The highest BCUT2D eigenvalue weighted by Gasteiger charge is 2.10. The topological polar surface area (TPSA) is 48.1 Å². The molecule has 3 nitrogen and oxygen atoms in total. The van der Waals surface area contributed by atoms with Crippen molar-refractivity contribution in [1.82, 2.24) is 4.98 Å². The maximum atomic E-state index is 6.05. The third kappa shape index (κ3) is 4.57. The van der Waals surface area contributed by atoms with E-state index in [0.29, 0.717) is 6.61 Å². The molecule has 1 heterocycles. The summed E-state index contributed by atoms with van der Waals surface area (Å²) in [6.07, 6.45) is 1.69. The normalized spacial score (nSPS) is 12.2. The van der Waals surface area contributed by atoms with Gasteiger partial charge in [0.15, 0.2) is 0 Å². The van der Waals surface area contributed by atoms with Gasteiger partial charge in [-0.2, -0.15) is 0 Å². The molecule has 0 amide bonds. The van der Waals surface area contributed by atoms with Gasteiger partial charge in [-0.15, -0.1) is 0 Å². The van der Waals surface area contributed by atoms with E-state index in [2.05, 4.69) is 43.1 Å². The van der Waals surface area contributed by atoms with Gasteiger partial charge in [-0.05, 0) is 38.0 Å². The zero-order valence-corrected chi connectivity index (χ0v) is 13.1. The van der Waals surface area contributed by atoms with Gasteiger partial charge in [-0.25, -0.2) is 0 Å².